The summed E-state index contributed by atoms with van der Waals surface area (Å²) in [6.07, 6.45) is 0.593. The molecule has 0 heterocycles. The molecule has 1 aromatic carbocycles. The van der Waals surface area contributed by atoms with E-state index >= 15 is 0 Å². The normalized spacial score (nSPS) is 12.7. The maximum Gasteiger partial charge on any atom is 0.176 e. The van der Waals surface area contributed by atoms with E-state index in [1.807, 2.05) is 38.1 Å². The molecule has 19 heavy (non-hydrogen) atoms. The monoisotopic (exact) mass is 267 g/mol. The summed E-state index contributed by atoms with van der Waals surface area (Å²) in [4.78, 5) is 0. The third kappa shape index (κ3) is 5.19. The molecule has 0 fully saturated rings. The first kappa shape index (κ1) is 16.0. The van der Waals surface area contributed by atoms with Crippen LogP contribution in [0.25, 0.3) is 0 Å². The second-order valence-corrected chi connectivity index (χ2v) is 4.22. The maximum absolute atomic E-state index is 6.17. The van der Waals surface area contributed by atoms with Gasteiger partial charge in [0.1, 0.15) is 5.75 Å². The van der Waals surface area contributed by atoms with E-state index in [0.717, 1.165) is 24.3 Å². The molecule has 4 nitrogen and oxygen atoms in total. The van der Waals surface area contributed by atoms with E-state index in [1.54, 1.807) is 0 Å². The lowest BCUT2D eigenvalue weighted by molar-refractivity contribution is -0.149. The molecule has 0 amide bonds. The van der Waals surface area contributed by atoms with Crippen LogP contribution < -0.4 is 10.5 Å². The number of rotatable bonds is 9. The highest BCUT2D eigenvalue weighted by Crippen LogP contribution is 2.21. The van der Waals surface area contributed by atoms with Gasteiger partial charge in [-0.3, -0.25) is 0 Å². The van der Waals surface area contributed by atoms with Gasteiger partial charge in [0, 0.05) is 13.2 Å². The van der Waals surface area contributed by atoms with Crippen LogP contribution in [0.5, 0.6) is 5.75 Å². The van der Waals surface area contributed by atoms with Gasteiger partial charge in [-0.2, -0.15) is 0 Å². The smallest absolute Gasteiger partial charge is 0.176 e. The van der Waals surface area contributed by atoms with Crippen LogP contribution in [-0.4, -0.2) is 26.1 Å². The molecule has 108 valence electrons. The Morgan fingerprint density at radius 3 is 2.05 bits per heavy atom. The lowest BCUT2D eigenvalue weighted by Gasteiger charge is -2.23. The predicted molar refractivity (Wildman–Crippen MR) is 76.2 cm³/mol. The second-order valence-electron chi connectivity index (χ2n) is 4.22. The van der Waals surface area contributed by atoms with Crippen molar-refractivity contribution in [2.24, 2.45) is 5.73 Å². The first-order chi connectivity index (χ1) is 9.22. The van der Waals surface area contributed by atoms with Crippen molar-refractivity contribution in [3.63, 3.8) is 0 Å². The van der Waals surface area contributed by atoms with Crippen LogP contribution in [0.4, 0.5) is 0 Å². The highest BCUT2D eigenvalue weighted by atomic mass is 16.7. The quantitative estimate of drug-likeness (QED) is 0.699. The van der Waals surface area contributed by atoms with E-state index in [4.69, 9.17) is 19.9 Å². The minimum Gasteiger partial charge on any atom is -0.494 e. The molecule has 1 atom stereocenters. The zero-order chi connectivity index (χ0) is 14.1. The van der Waals surface area contributed by atoms with Crippen LogP contribution in [0.3, 0.4) is 0 Å². The van der Waals surface area contributed by atoms with Crippen LogP contribution >= 0.6 is 0 Å². The van der Waals surface area contributed by atoms with Crippen LogP contribution in [0.1, 0.15) is 38.8 Å². The average molecular weight is 267 g/mol. The Bertz CT molecular complexity index is 334. The first-order valence-electron chi connectivity index (χ1n) is 6.94. The van der Waals surface area contributed by atoms with E-state index in [9.17, 15) is 0 Å². The summed E-state index contributed by atoms with van der Waals surface area (Å²) in [5, 5.41) is 0. The van der Waals surface area contributed by atoms with E-state index in [1.165, 1.54) is 0 Å². The summed E-state index contributed by atoms with van der Waals surface area (Å²) in [5.74, 6) is 0.863. The highest BCUT2D eigenvalue weighted by Gasteiger charge is 2.19. The second kappa shape index (κ2) is 8.91. The van der Waals surface area contributed by atoms with Gasteiger partial charge in [-0.25, -0.2) is 0 Å². The Hall–Kier alpha value is -1.10. The molecular formula is C15H25NO3. The Labute approximate surface area is 115 Å². The van der Waals surface area contributed by atoms with Crippen molar-refractivity contribution in [3.8, 4) is 5.75 Å². The summed E-state index contributed by atoms with van der Waals surface area (Å²) >= 11 is 0. The number of nitrogens with two attached hydrogens (primary N) is 1. The highest BCUT2D eigenvalue weighted by molar-refractivity contribution is 5.29. The van der Waals surface area contributed by atoms with Crippen LogP contribution in [0.15, 0.2) is 24.3 Å². The molecular weight excluding hydrogens is 242 g/mol. The number of ether oxygens (including phenoxy) is 3. The zero-order valence-electron chi connectivity index (χ0n) is 12.1. The summed E-state index contributed by atoms with van der Waals surface area (Å²) in [6.45, 7) is 7.83. The van der Waals surface area contributed by atoms with Crippen LogP contribution in [-0.2, 0) is 9.47 Å². The van der Waals surface area contributed by atoms with Crippen molar-refractivity contribution < 1.29 is 14.2 Å². The van der Waals surface area contributed by atoms with E-state index in [0.29, 0.717) is 13.2 Å². The van der Waals surface area contributed by atoms with Crippen LogP contribution in [0, 0.1) is 0 Å². The average Bonchev–Trinajstić information content (AvgIpc) is 2.44. The molecule has 1 aromatic rings. The topological polar surface area (TPSA) is 53.7 Å². The Kier molecular flexibility index (Phi) is 7.48. The van der Waals surface area contributed by atoms with Crippen molar-refractivity contribution in [1.29, 1.82) is 0 Å². The molecule has 0 bridgehead atoms. The molecule has 0 aliphatic rings. The first-order valence-corrected chi connectivity index (χ1v) is 6.94. The van der Waals surface area contributed by atoms with Gasteiger partial charge in [0.15, 0.2) is 6.29 Å². The minimum absolute atomic E-state index is 0.292. The van der Waals surface area contributed by atoms with Gasteiger partial charge >= 0.3 is 0 Å². The molecule has 1 unspecified atom stereocenters. The fraction of sp³-hybridized carbons (Fsp3) is 0.600. The summed E-state index contributed by atoms with van der Waals surface area (Å²) < 4.78 is 16.6. The summed E-state index contributed by atoms with van der Waals surface area (Å²) in [6, 6.07) is 7.49. The van der Waals surface area contributed by atoms with Crippen molar-refractivity contribution in [2.45, 2.75) is 39.5 Å². The molecule has 4 heteroatoms. The molecule has 0 radical (unpaired) electrons. The summed E-state index contributed by atoms with van der Waals surface area (Å²) in [7, 11) is 0. The molecule has 0 spiro atoms. The lowest BCUT2D eigenvalue weighted by atomic mass is 10.1. The van der Waals surface area contributed by atoms with Gasteiger partial charge in [-0.15, -0.1) is 0 Å². The van der Waals surface area contributed by atoms with Gasteiger partial charge in [0.2, 0.25) is 0 Å². The fourth-order valence-corrected chi connectivity index (χ4v) is 1.75. The molecule has 0 aliphatic carbocycles. The number of benzene rings is 1. The molecule has 0 aliphatic heterocycles. The van der Waals surface area contributed by atoms with Gasteiger partial charge in [-0.1, -0.05) is 19.1 Å². The predicted octanol–water partition coefficient (Wildman–Crippen LogP) is 2.87. The molecule has 0 saturated heterocycles. The molecule has 2 N–H and O–H groups in total. The van der Waals surface area contributed by atoms with E-state index < -0.39 is 6.29 Å². The van der Waals surface area contributed by atoms with Crippen LogP contribution in [0.2, 0.25) is 0 Å². The molecule has 0 aromatic heterocycles. The molecule has 1 rings (SSSR count). The Morgan fingerprint density at radius 2 is 1.58 bits per heavy atom. The Morgan fingerprint density at radius 1 is 1.00 bits per heavy atom. The zero-order valence-corrected chi connectivity index (χ0v) is 12.1. The maximum atomic E-state index is 6.17. The van der Waals surface area contributed by atoms with E-state index in [2.05, 4.69) is 6.92 Å². The number of hydrogen-bond donors (Lipinski definition) is 1. The minimum atomic E-state index is -0.405. The van der Waals surface area contributed by atoms with Gasteiger partial charge < -0.3 is 19.9 Å². The lowest BCUT2D eigenvalue weighted by Crippen LogP contribution is -2.31. The van der Waals surface area contributed by atoms with Gasteiger partial charge in [0.05, 0.1) is 12.6 Å². The standard InChI is InChI=1S/C15H25NO3/c1-4-11-19-13-9-7-12(8-10-13)14(16)15(17-5-2)18-6-3/h7-10,14-15H,4-6,11,16H2,1-3H3. The van der Waals surface area contributed by atoms with Crippen molar-refractivity contribution in [3.05, 3.63) is 29.8 Å². The van der Waals surface area contributed by atoms with Gasteiger partial charge in [-0.05, 0) is 38.0 Å². The van der Waals surface area contributed by atoms with Gasteiger partial charge in [0.25, 0.3) is 0 Å². The number of hydrogen-bond acceptors (Lipinski definition) is 4. The van der Waals surface area contributed by atoms with E-state index in [-0.39, 0.29) is 6.04 Å². The van der Waals surface area contributed by atoms with Crippen molar-refractivity contribution >= 4 is 0 Å². The SMILES string of the molecule is CCCOc1ccc(C(N)C(OCC)OCC)cc1. The third-order valence-electron chi connectivity index (χ3n) is 2.69. The fourth-order valence-electron chi connectivity index (χ4n) is 1.75. The summed E-state index contributed by atoms with van der Waals surface area (Å²) in [5.41, 5.74) is 7.15. The Balaban J connectivity index is 2.66. The third-order valence-corrected chi connectivity index (χ3v) is 2.69. The van der Waals surface area contributed by atoms with Crippen molar-refractivity contribution in [2.75, 3.05) is 19.8 Å². The largest absolute Gasteiger partial charge is 0.494 e. The van der Waals surface area contributed by atoms with Crippen molar-refractivity contribution in [1.82, 2.24) is 0 Å². The molecule has 0 saturated carbocycles.